The molecule has 0 aromatic carbocycles. The van der Waals surface area contributed by atoms with E-state index in [4.69, 9.17) is 4.74 Å². The molecule has 3 heteroatoms. The van der Waals surface area contributed by atoms with Crippen molar-refractivity contribution in [2.24, 2.45) is 0 Å². The summed E-state index contributed by atoms with van der Waals surface area (Å²) in [6, 6.07) is 0. The standard InChI is InChI=1S/C6H15NOS/c1-4-8-6-5-7(2)9-3/h4-6H2,1-3H3. The van der Waals surface area contributed by atoms with Gasteiger partial charge in [0.15, 0.2) is 0 Å². The van der Waals surface area contributed by atoms with Crippen LogP contribution in [0.4, 0.5) is 0 Å². The molecule has 0 atom stereocenters. The molecule has 0 aliphatic carbocycles. The lowest BCUT2D eigenvalue weighted by molar-refractivity contribution is 0.140. The summed E-state index contributed by atoms with van der Waals surface area (Å²) in [6.45, 7) is 4.68. The van der Waals surface area contributed by atoms with E-state index in [0.717, 1.165) is 19.8 Å². The molecule has 0 aromatic heterocycles. The molecule has 0 N–H and O–H groups in total. The number of hydrogen-bond donors (Lipinski definition) is 0. The van der Waals surface area contributed by atoms with Crippen LogP contribution in [0, 0.1) is 0 Å². The lowest BCUT2D eigenvalue weighted by Gasteiger charge is -2.11. The zero-order valence-electron chi connectivity index (χ0n) is 6.39. The van der Waals surface area contributed by atoms with Crippen LogP contribution in [-0.2, 0) is 4.74 Å². The molecule has 0 rings (SSSR count). The van der Waals surface area contributed by atoms with Crippen LogP contribution in [0.25, 0.3) is 0 Å². The second kappa shape index (κ2) is 6.39. The van der Waals surface area contributed by atoms with Gasteiger partial charge >= 0.3 is 0 Å². The molecule has 0 aliphatic heterocycles. The summed E-state index contributed by atoms with van der Waals surface area (Å²) in [5.74, 6) is 0. The van der Waals surface area contributed by atoms with Crippen molar-refractivity contribution >= 4 is 11.9 Å². The summed E-state index contributed by atoms with van der Waals surface area (Å²) in [5.41, 5.74) is 0. The van der Waals surface area contributed by atoms with Crippen LogP contribution in [0.2, 0.25) is 0 Å². The van der Waals surface area contributed by atoms with Crippen molar-refractivity contribution in [1.82, 2.24) is 4.31 Å². The smallest absolute Gasteiger partial charge is 0.0602 e. The van der Waals surface area contributed by atoms with Crippen LogP contribution < -0.4 is 0 Å². The highest BCUT2D eigenvalue weighted by Crippen LogP contribution is 1.97. The van der Waals surface area contributed by atoms with Crippen molar-refractivity contribution < 1.29 is 4.74 Å². The SMILES string of the molecule is CCOCCN(C)SC. The zero-order valence-corrected chi connectivity index (χ0v) is 7.20. The van der Waals surface area contributed by atoms with Crippen molar-refractivity contribution in [2.45, 2.75) is 6.92 Å². The number of ether oxygens (including phenoxy) is 1. The van der Waals surface area contributed by atoms with E-state index < -0.39 is 0 Å². The van der Waals surface area contributed by atoms with Crippen LogP contribution in [0.3, 0.4) is 0 Å². The minimum atomic E-state index is 0.822. The molecule has 0 spiro atoms. The Morgan fingerprint density at radius 2 is 2.22 bits per heavy atom. The molecule has 0 heterocycles. The van der Waals surface area contributed by atoms with E-state index in [-0.39, 0.29) is 0 Å². The fourth-order valence-corrected chi connectivity index (χ4v) is 0.686. The first-order chi connectivity index (χ1) is 4.31. The molecule has 0 saturated heterocycles. The summed E-state index contributed by atoms with van der Waals surface area (Å²) < 4.78 is 7.30. The summed E-state index contributed by atoms with van der Waals surface area (Å²) >= 11 is 1.73. The Labute approximate surface area is 61.7 Å². The minimum Gasteiger partial charge on any atom is -0.380 e. The third kappa shape index (κ3) is 6.15. The molecule has 0 aromatic rings. The van der Waals surface area contributed by atoms with E-state index in [1.165, 1.54) is 0 Å². The molecule has 0 aliphatic rings. The van der Waals surface area contributed by atoms with E-state index in [9.17, 15) is 0 Å². The molecule has 0 amide bonds. The van der Waals surface area contributed by atoms with Crippen LogP contribution in [0.15, 0.2) is 0 Å². The van der Waals surface area contributed by atoms with E-state index in [1.54, 1.807) is 11.9 Å². The normalized spacial score (nSPS) is 10.7. The van der Waals surface area contributed by atoms with Gasteiger partial charge in [0.05, 0.1) is 6.61 Å². The molecule has 0 saturated carbocycles. The molecule has 56 valence electrons. The predicted molar refractivity (Wildman–Crippen MR) is 42.6 cm³/mol. The second-order valence-electron chi connectivity index (χ2n) is 1.73. The highest BCUT2D eigenvalue weighted by atomic mass is 32.2. The monoisotopic (exact) mass is 149 g/mol. The highest BCUT2D eigenvalue weighted by molar-refractivity contribution is 7.96. The Morgan fingerprint density at radius 3 is 2.67 bits per heavy atom. The van der Waals surface area contributed by atoms with Crippen molar-refractivity contribution in [1.29, 1.82) is 0 Å². The van der Waals surface area contributed by atoms with Crippen LogP contribution >= 0.6 is 11.9 Å². The molecule has 0 fully saturated rings. The lowest BCUT2D eigenvalue weighted by atomic mass is 10.7. The van der Waals surface area contributed by atoms with Gasteiger partial charge in [-0.3, -0.25) is 4.31 Å². The Morgan fingerprint density at radius 1 is 1.56 bits per heavy atom. The molecular weight excluding hydrogens is 134 g/mol. The minimum absolute atomic E-state index is 0.822. The van der Waals surface area contributed by atoms with Gasteiger partial charge in [-0.2, -0.15) is 0 Å². The van der Waals surface area contributed by atoms with Crippen molar-refractivity contribution in [3.63, 3.8) is 0 Å². The van der Waals surface area contributed by atoms with E-state index >= 15 is 0 Å². The quantitative estimate of drug-likeness (QED) is 0.431. The first kappa shape index (κ1) is 9.27. The van der Waals surface area contributed by atoms with Crippen molar-refractivity contribution in [2.75, 3.05) is 33.1 Å². The maximum atomic E-state index is 5.15. The van der Waals surface area contributed by atoms with Gasteiger partial charge in [0.25, 0.3) is 0 Å². The molecule has 0 unspecified atom stereocenters. The zero-order chi connectivity index (χ0) is 7.11. The summed E-state index contributed by atoms with van der Waals surface area (Å²) in [5, 5.41) is 0. The largest absolute Gasteiger partial charge is 0.380 e. The predicted octanol–water partition coefficient (Wildman–Crippen LogP) is 1.23. The number of hydrogen-bond acceptors (Lipinski definition) is 3. The van der Waals surface area contributed by atoms with Gasteiger partial charge in [0.2, 0.25) is 0 Å². The molecule has 9 heavy (non-hydrogen) atoms. The Bertz CT molecular complexity index is 61.0. The first-order valence-corrected chi connectivity index (χ1v) is 4.32. The number of rotatable bonds is 5. The van der Waals surface area contributed by atoms with Crippen LogP contribution in [-0.4, -0.2) is 37.4 Å². The summed E-state index contributed by atoms with van der Waals surface area (Å²) in [6.07, 6.45) is 2.06. The van der Waals surface area contributed by atoms with E-state index in [0.29, 0.717) is 0 Å². The Balaban J connectivity index is 2.88. The third-order valence-electron chi connectivity index (χ3n) is 1.07. The third-order valence-corrected chi connectivity index (χ3v) is 1.87. The average Bonchev–Trinajstić information content (AvgIpc) is 1.89. The molecule has 2 nitrogen and oxygen atoms in total. The van der Waals surface area contributed by atoms with Gasteiger partial charge in [0.1, 0.15) is 0 Å². The fraction of sp³-hybridized carbons (Fsp3) is 1.00. The topological polar surface area (TPSA) is 12.5 Å². The molecule has 0 bridgehead atoms. The maximum Gasteiger partial charge on any atom is 0.0602 e. The molecular formula is C6H15NOS. The highest BCUT2D eigenvalue weighted by Gasteiger charge is 1.91. The van der Waals surface area contributed by atoms with Crippen LogP contribution in [0.5, 0.6) is 0 Å². The molecule has 0 radical (unpaired) electrons. The number of likely N-dealkylation sites (N-methyl/N-ethyl adjacent to an activating group) is 1. The fourth-order valence-electron chi connectivity index (χ4n) is 0.429. The summed E-state index contributed by atoms with van der Waals surface area (Å²) in [7, 11) is 2.06. The number of nitrogens with zero attached hydrogens (tertiary/aromatic N) is 1. The van der Waals surface area contributed by atoms with Crippen molar-refractivity contribution in [3.05, 3.63) is 0 Å². The van der Waals surface area contributed by atoms with E-state index in [1.807, 2.05) is 6.92 Å². The van der Waals surface area contributed by atoms with Crippen molar-refractivity contribution in [3.8, 4) is 0 Å². The van der Waals surface area contributed by atoms with E-state index in [2.05, 4.69) is 17.6 Å². The van der Waals surface area contributed by atoms with Gasteiger partial charge in [-0.05, 0) is 20.2 Å². The van der Waals surface area contributed by atoms with Gasteiger partial charge in [0, 0.05) is 13.2 Å². The van der Waals surface area contributed by atoms with Gasteiger partial charge in [-0.25, -0.2) is 0 Å². The Hall–Kier alpha value is 0.270. The second-order valence-corrected chi connectivity index (χ2v) is 2.72. The van der Waals surface area contributed by atoms with Gasteiger partial charge < -0.3 is 4.74 Å². The van der Waals surface area contributed by atoms with Gasteiger partial charge in [-0.15, -0.1) is 0 Å². The Kier molecular flexibility index (Phi) is 6.58. The average molecular weight is 149 g/mol. The lowest BCUT2D eigenvalue weighted by Crippen LogP contribution is -2.15. The first-order valence-electron chi connectivity index (χ1n) is 3.14. The maximum absolute atomic E-state index is 5.15. The van der Waals surface area contributed by atoms with Gasteiger partial charge in [-0.1, -0.05) is 11.9 Å². The van der Waals surface area contributed by atoms with Crippen LogP contribution in [0.1, 0.15) is 6.92 Å². The summed E-state index contributed by atoms with van der Waals surface area (Å²) in [4.78, 5) is 0.